The van der Waals surface area contributed by atoms with E-state index < -0.39 is 5.82 Å². The molecule has 0 aliphatic rings. The molecule has 0 saturated carbocycles. The van der Waals surface area contributed by atoms with Gasteiger partial charge in [0, 0.05) is 44.3 Å². The summed E-state index contributed by atoms with van der Waals surface area (Å²) in [5.41, 5.74) is 0.355. The summed E-state index contributed by atoms with van der Waals surface area (Å²) in [5.74, 6) is -0.412. The number of nitrogens with zero attached hydrogens (tertiary/aromatic N) is 1. The molecule has 1 heterocycles. The van der Waals surface area contributed by atoms with Crippen LogP contribution in [0.2, 0.25) is 5.02 Å². The van der Waals surface area contributed by atoms with Crippen LogP contribution in [0.25, 0.3) is 11.3 Å². The molecule has 1 aromatic heterocycles. The van der Waals surface area contributed by atoms with Gasteiger partial charge in [0.15, 0.2) is 0 Å². The quantitative estimate of drug-likeness (QED) is 0.679. The van der Waals surface area contributed by atoms with Crippen molar-refractivity contribution in [1.29, 1.82) is 0 Å². The second kappa shape index (κ2) is 7.12. The standard InChI is InChI=1S/C13H9BrClFNO.Y/c1-2-17-11(7-6-9(15)13(17)18)12-8(14)4-3-5-10(12)16;/h3-6H,2H2,1H3;/q-1;. The van der Waals surface area contributed by atoms with Crippen LogP contribution in [0.3, 0.4) is 0 Å². The summed E-state index contributed by atoms with van der Waals surface area (Å²) < 4.78 is 15.9. The van der Waals surface area contributed by atoms with Crippen LogP contribution < -0.4 is 5.56 Å². The zero-order valence-corrected chi connectivity index (χ0v) is 15.3. The largest absolute Gasteiger partial charge is 0.341 e. The molecule has 97 valence electrons. The third-order valence-electron chi connectivity index (χ3n) is 2.57. The zero-order chi connectivity index (χ0) is 13.3. The monoisotopic (exact) mass is 417 g/mol. The van der Waals surface area contributed by atoms with Gasteiger partial charge in [-0.1, -0.05) is 39.3 Å². The Bertz CT molecular complexity index is 639. The molecule has 0 spiro atoms. The molecule has 0 N–H and O–H groups in total. The van der Waals surface area contributed by atoms with E-state index in [1.54, 1.807) is 19.1 Å². The van der Waals surface area contributed by atoms with E-state index in [9.17, 15) is 9.18 Å². The molecule has 1 aromatic carbocycles. The third kappa shape index (κ3) is 3.35. The van der Waals surface area contributed by atoms with Crippen molar-refractivity contribution in [2.24, 2.45) is 0 Å². The van der Waals surface area contributed by atoms with Crippen molar-refractivity contribution in [2.75, 3.05) is 0 Å². The number of halogens is 3. The van der Waals surface area contributed by atoms with Gasteiger partial charge in [-0.3, -0.25) is 4.79 Å². The summed E-state index contributed by atoms with van der Waals surface area (Å²) in [5, 5.41) is 0.0769. The molecule has 2 aromatic rings. The zero-order valence-electron chi connectivity index (χ0n) is 10.1. The molecule has 0 aliphatic carbocycles. The predicted octanol–water partition coefficient (Wildman–Crippen LogP) is 3.89. The first kappa shape index (κ1) is 17.0. The number of aromatic nitrogens is 1. The summed E-state index contributed by atoms with van der Waals surface area (Å²) >= 11 is 9.04. The normalized spacial score (nSPS) is 10.1. The maximum absolute atomic E-state index is 13.9. The molecule has 0 atom stereocenters. The van der Waals surface area contributed by atoms with Crippen molar-refractivity contribution in [3.05, 3.63) is 56.0 Å². The summed E-state index contributed by atoms with van der Waals surface area (Å²) in [6.45, 7) is 2.19. The van der Waals surface area contributed by atoms with Crippen LogP contribution in [0.4, 0.5) is 4.39 Å². The summed E-state index contributed by atoms with van der Waals surface area (Å²) in [6.07, 6.45) is 0. The summed E-state index contributed by atoms with van der Waals surface area (Å²) in [6, 6.07) is 8.87. The Morgan fingerprint density at radius 1 is 1.47 bits per heavy atom. The van der Waals surface area contributed by atoms with E-state index in [0.29, 0.717) is 22.3 Å². The van der Waals surface area contributed by atoms with E-state index in [2.05, 4.69) is 22.0 Å². The smallest absolute Gasteiger partial charge is 0.212 e. The van der Waals surface area contributed by atoms with Gasteiger partial charge in [0.05, 0.1) is 5.82 Å². The van der Waals surface area contributed by atoms with Gasteiger partial charge < -0.3 is 4.57 Å². The van der Waals surface area contributed by atoms with Crippen LogP contribution in [-0.2, 0) is 39.3 Å². The maximum atomic E-state index is 13.9. The first-order chi connectivity index (χ1) is 8.56. The first-order valence-electron chi connectivity index (χ1n) is 5.31. The SMILES string of the molecule is CCn1c(-c2c(F)cccc2Br)[c-]cc(Cl)c1=O.[Y]. The van der Waals surface area contributed by atoms with E-state index in [1.165, 1.54) is 16.7 Å². The van der Waals surface area contributed by atoms with Crippen LogP contribution in [0.5, 0.6) is 0 Å². The van der Waals surface area contributed by atoms with E-state index in [0.717, 1.165) is 0 Å². The number of pyridine rings is 1. The van der Waals surface area contributed by atoms with Crippen LogP contribution in [0, 0.1) is 11.9 Å². The molecule has 2 rings (SSSR count). The minimum atomic E-state index is -0.412. The second-order valence-corrected chi connectivity index (χ2v) is 4.89. The molecule has 6 heteroatoms. The van der Waals surface area contributed by atoms with Gasteiger partial charge in [-0.15, -0.1) is 0 Å². The van der Waals surface area contributed by atoms with Crippen molar-refractivity contribution in [3.63, 3.8) is 0 Å². The Hall–Kier alpha value is -0.0261. The average Bonchev–Trinajstić information content (AvgIpc) is 2.33. The molecule has 19 heavy (non-hydrogen) atoms. The number of hydrogen-bond donors (Lipinski definition) is 0. The molecular weight excluding hydrogens is 409 g/mol. The first-order valence-corrected chi connectivity index (χ1v) is 6.48. The fourth-order valence-corrected chi connectivity index (χ4v) is 2.42. The topological polar surface area (TPSA) is 22.0 Å². The summed E-state index contributed by atoms with van der Waals surface area (Å²) in [7, 11) is 0. The third-order valence-corrected chi connectivity index (χ3v) is 3.50. The second-order valence-electron chi connectivity index (χ2n) is 3.63. The van der Waals surface area contributed by atoms with Crippen LogP contribution >= 0.6 is 27.5 Å². The minimum Gasteiger partial charge on any atom is -0.341 e. The molecule has 0 amide bonds. The van der Waals surface area contributed by atoms with Crippen molar-refractivity contribution < 1.29 is 37.1 Å². The van der Waals surface area contributed by atoms with Crippen LogP contribution in [-0.4, -0.2) is 4.57 Å². The average molecular weight is 418 g/mol. The van der Waals surface area contributed by atoms with Gasteiger partial charge in [0.2, 0.25) is 5.56 Å². The number of hydrogen-bond acceptors (Lipinski definition) is 1. The molecule has 0 unspecified atom stereocenters. The number of rotatable bonds is 2. The molecular formula is C13H9BrClFNOY-. The van der Waals surface area contributed by atoms with Crippen molar-refractivity contribution in [2.45, 2.75) is 13.5 Å². The van der Waals surface area contributed by atoms with Gasteiger partial charge >= 0.3 is 0 Å². The van der Waals surface area contributed by atoms with Crippen molar-refractivity contribution >= 4 is 27.5 Å². The minimum absolute atomic E-state index is 0. The van der Waals surface area contributed by atoms with Gasteiger partial charge in [-0.25, -0.2) is 4.39 Å². The fraction of sp³-hybridized carbons (Fsp3) is 0.154. The Morgan fingerprint density at radius 3 is 2.74 bits per heavy atom. The van der Waals surface area contributed by atoms with Crippen LogP contribution in [0.15, 0.2) is 33.5 Å². The Labute approximate surface area is 149 Å². The predicted molar refractivity (Wildman–Crippen MR) is 73.3 cm³/mol. The molecule has 0 bridgehead atoms. The molecule has 1 radical (unpaired) electrons. The Morgan fingerprint density at radius 2 is 2.16 bits per heavy atom. The van der Waals surface area contributed by atoms with Gasteiger partial charge in [-0.2, -0.15) is 23.7 Å². The van der Waals surface area contributed by atoms with Crippen LogP contribution in [0.1, 0.15) is 6.92 Å². The van der Waals surface area contributed by atoms with Crippen molar-refractivity contribution in [3.8, 4) is 11.3 Å². The fourth-order valence-electron chi connectivity index (χ4n) is 1.73. The van der Waals surface area contributed by atoms with Gasteiger partial charge in [-0.05, 0) is 17.5 Å². The Balaban J connectivity index is 0.00000180. The summed E-state index contributed by atoms with van der Waals surface area (Å²) in [4.78, 5) is 11.9. The Kier molecular flexibility index (Phi) is 6.38. The molecule has 0 fully saturated rings. The molecule has 0 saturated heterocycles. The maximum Gasteiger partial charge on any atom is 0.212 e. The molecule has 0 aliphatic heterocycles. The van der Waals surface area contributed by atoms with E-state index in [-0.39, 0.29) is 43.3 Å². The van der Waals surface area contributed by atoms with Gasteiger partial charge in [0.1, 0.15) is 0 Å². The number of benzene rings is 1. The van der Waals surface area contributed by atoms with E-state index in [1.807, 2.05) is 0 Å². The van der Waals surface area contributed by atoms with E-state index >= 15 is 0 Å². The molecule has 2 nitrogen and oxygen atoms in total. The van der Waals surface area contributed by atoms with Gasteiger partial charge in [0.25, 0.3) is 0 Å². The van der Waals surface area contributed by atoms with Crippen molar-refractivity contribution in [1.82, 2.24) is 4.57 Å². The van der Waals surface area contributed by atoms with E-state index in [4.69, 9.17) is 11.6 Å².